The Bertz CT molecular complexity index is 1140. The molecule has 0 aliphatic rings. The summed E-state index contributed by atoms with van der Waals surface area (Å²) in [7, 11) is 0. The summed E-state index contributed by atoms with van der Waals surface area (Å²) in [4.78, 5) is 20.3. The molecule has 0 radical (unpaired) electrons. The zero-order valence-electron chi connectivity index (χ0n) is 14.8. The summed E-state index contributed by atoms with van der Waals surface area (Å²) in [6.07, 6.45) is 3.13. The molecule has 0 unspecified atom stereocenters. The predicted octanol–water partition coefficient (Wildman–Crippen LogP) is 3.08. The van der Waals surface area contributed by atoms with Crippen LogP contribution in [0.15, 0.2) is 48.9 Å². The molecule has 4 rings (SSSR count). The van der Waals surface area contributed by atoms with Crippen LogP contribution in [0.3, 0.4) is 0 Å². The molecule has 2 N–H and O–H groups in total. The van der Waals surface area contributed by atoms with Crippen molar-refractivity contribution < 1.29 is 9.18 Å². The van der Waals surface area contributed by atoms with Crippen molar-refractivity contribution in [1.82, 2.24) is 24.1 Å². The van der Waals surface area contributed by atoms with Crippen LogP contribution in [-0.2, 0) is 0 Å². The first kappa shape index (κ1) is 16.9. The lowest BCUT2D eigenvalue weighted by molar-refractivity contribution is 0.0993. The molecule has 3 aromatic heterocycles. The Kier molecular flexibility index (Phi) is 3.95. The zero-order chi connectivity index (χ0) is 19.1. The molecule has 4 aromatic rings. The summed E-state index contributed by atoms with van der Waals surface area (Å²) < 4.78 is 16.7. The molecule has 1 amide bonds. The average Bonchev–Trinajstić information content (AvgIpc) is 3.26. The average molecular weight is 364 g/mol. The number of nitrogens with zero attached hydrogens (tertiary/aromatic N) is 5. The van der Waals surface area contributed by atoms with Crippen molar-refractivity contribution in [3.8, 4) is 22.6 Å². The standard InChI is InChI=1S/C19H17FN6O/c1-11(2)25-10-23-17(12-3-5-13(20)6-4-12)18(25)14-7-8-16-22-9-15(19(21)27)26(16)24-14/h3-11H,1-2H3,(H2,21,27). The highest BCUT2D eigenvalue weighted by Crippen LogP contribution is 2.32. The second kappa shape index (κ2) is 6.31. The van der Waals surface area contributed by atoms with Crippen LogP contribution in [0.4, 0.5) is 4.39 Å². The van der Waals surface area contributed by atoms with Crippen LogP contribution in [0.5, 0.6) is 0 Å². The number of imidazole rings is 2. The van der Waals surface area contributed by atoms with Gasteiger partial charge in [0.25, 0.3) is 5.91 Å². The zero-order valence-corrected chi connectivity index (χ0v) is 14.8. The van der Waals surface area contributed by atoms with E-state index in [-0.39, 0.29) is 17.6 Å². The number of benzene rings is 1. The van der Waals surface area contributed by atoms with Gasteiger partial charge in [-0.2, -0.15) is 5.10 Å². The molecule has 7 nitrogen and oxygen atoms in total. The van der Waals surface area contributed by atoms with E-state index in [1.54, 1.807) is 24.5 Å². The van der Waals surface area contributed by atoms with Gasteiger partial charge in [-0.25, -0.2) is 18.9 Å². The number of aromatic nitrogens is 5. The van der Waals surface area contributed by atoms with Crippen LogP contribution in [-0.4, -0.2) is 30.1 Å². The Morgan fingerprint density at radius 1 is 1.11 bits per heavy atom. The molecule has 8 heteroatoms. The van der Waals surface area contributed by atoms with E-state index in [1.807, 2.05) is 24.5 Å². The number of hydrogen-bond donors (Lipinski definition) is 1. The van der Waals surface area contributed by atoms with Gasteiger partial charge in [0.2, 0.25) is 0 Å². The van der Waals surface area contributed by atoms with Gasteiger partial charge in [-0.05, 0) is 50.2 Å². The SMILES string of the molecule is CC(C)n1cnc(-c2ccc(F)cc2)c1-c1ccc2ncc(C(N)=O)n2n1. The monoisotopic (exact) mass is 364 g/mol. The Hall–Kier alpha value is -3.55. The molecule has 1 aromatic carbocycles. The molecule has 0 spiro atoms. The third-order valence-electron chi connectivity index (χ3n) is 4.33. The summed E-state index contributed by atoms with van der Waals surface area (Å²) in [6, 6.07) is 9.85. The first-order valence-corrected chi connectivity index (χ1v) is 8.43. The Morgan fingerprint density at radius 3 is 2.52 bits per heavy atom. The summed E-state index contributed by atoms with van der Waals surface area (Å²) in [5.41, 5.74) is 8.95. The minimum Gasteiger partial charge on any atom is -0.364 e. The predicted molar refractivity (Wildman–Crippen MR) is 98.5 cm³/mol. The van der Waals surface area contributed by atoms with E-state index in [4.69, 9.17) is 5.73 Å². The van der Waals surface area contributed by atoms with Gasteiger partial charge in [0.1, 0.15) is 17.2 Å². The first-order valence-electron chi connectivity index (χ1n) is 8.43. The second-order valence-corrected chi connectivity index (χ2v) is 6.45. The summed E-state index contributed by atoms with van der Waals surface area (Å²) >= 11 is 0. The smallest absolute Gasteiger partial charge is 0.269 e. The van der Waals surface area contributed by atoms with Gasteiger partial charge in [-0.15, -0.1) is 0 Å². The first-order chi connectivity index (χ1) is 13.0. The van der Waals surface area contributed by atoms with E-state index in [0.29, 0.717) is 17.0 Å². The third kappa shape index (κ3) is 2.84. The van der Waals surface area contributed by atoms with E-state index >= 15 is 0 Å². The van der Waals surface area contributed by atoms with Gasteiger partial charge in [-0.1, -0.05) is 0 Å². The van der Waals surface area contributed by atoms with E-state index < -0.39 is 5.91 Å². The van der Waals surface area contributed by atoms with E-state index in [9.17, 15) is 9.18 Å². The van der Waals surface area contributed by atoms with Crippen molar-refractivity contribution in [2.75, 3.05) is 0 Å². The number of primary amides is 1. The van der Waals surface area contributed by atoms with Gasteiger partial charge in [0.05, 0.1) is 23.9 Å². The molecule has 27 heavy (non-hydrogen) atoms. The molecule has 0 aliphatic heterocycles. The summed E-state index contributed by atoms with van der Waals surface area (Å²) in [5, 5.41) is 4.56. The van der Waals surface area contributed by atoms with Crippen molar-refractivity contribution in [2.45, 2.75) is 19.9 Å². The number of hydrogen-bond acceptors (Lipinski definition) is 4. The molecule has 0 atom stereocenters. The number of halogens is 1. The molecule has 0 aliphatic carbocycles. The number of carbonyl (C=O) groups excluding carboxylic acids is 1. The molecule has 0 fully saturated rings. The molecular formula is C19H17FN6O. The fraction of sp³-hybridized carbons (Fsp3) is 0.158. The van der Waals surface area contributed by atoms with Crippen molar-refractivity contribution in [3.05, 3.63) is 60.4 Å². The molecule has 0 bridgehead atoms. The van der Waals surface area contributed by atoms with Crippen LogP contribution in [0, 0.1) is 5.82 Å². The Balaban J connectivity index is 1.96. The van der Waals surface area contributed by atoms with Gasteiger partial charge in [0, 0.05) is 11.6 Å². The molecule has 0 saturated carbocycles. The Labute approximate surface area is 154 Å². The van der Waals surface area contributed by atoms with Gasteiger partial charge >= 0.3 is 0 Å². The third-order valence-corrected chi connectivity index (χ3v) is 4.33. The lowest BCUT2D eigenvalue weighted by atomic mass is 10.1. The molecule has 3 heterocycles. The van der Waals surface area contributed by atoms with Crippen LogP contribution < -0.4 is 5.73 Å². The molecule has 136 valence electrons. The molecule has 0 saturated heterocycles. The lowest BCUT2D eigenvalue weighted by Crippen LogP contribution is -2.15. The number of carbonyl (C=O) groups is 1. The van der Waals surface area contributed by atoms with Crippen molar-refractivity contribution in [1.29, 1.82) is 0 Å². The largest absolute Gasteiger partial charge is 0.364 e. The number of amides is 1. The normalized spacial score (nSPS) is 11.4. The minimum absolute atomic E-state index is 0.123. The van der Waals surface area contributed by atoms with Crippen molar-refractivity contribution in [3.63, 3.8) is 0 Å². The second-order valence-electron chi connectivity index (χ2n) is 6.45. The van der Waals surface area contributed by atoms with Crippen LogP contribution >= 0.6 is 0 Å². The summed E-state index contributed by atoms with van der Waals surface area (Å²) in [6.45, 7) is 4.06. The quantitative estimate of drug-likeness (QED) is 0.602. The highest BCUT2D eigenvalue weighted by atomic mass is 19.1. The van der Waals surface area contributed by atoms with Crippen LogP contribution in [0.1, 0.15) is 30.4 Å². The van der Waals surface area contributed by atoms with Gasteiger partial charge in [0.15, 0.2) is 5.65 Å². The molecular weight excluding hydrogens is 347 g/mol. The minimum atomic E-state index is -0.608. The highest BCUT2D eigenvalue weighted by Gasteiger charge is 2.19. The number of nitrogens with two attached hydrogens (primary N) is 1. The number of fused-ring (bicyclic) bond motifs is 1. The fourth-order valence-electron chi connectivity index (χ4n) is 2.99. The maximum Gasteiger partial charge on any atom is 0.269 e. The van der Waals surface area contributed by atoms with Crippen LogP contribution in [0.25, 0.3) is 28.3 Å². The van der Waals surface area contributed by atoms with Gasteiger partial charge < -0.3 is 10.3 Å². The van der Waals surface area contributed by atoms with Gasteiger partial charge in [-0.3, -0.25) is 4.79 Å². The van der Waals surface area contributed by atoms with Crippen molar-refractivity contribution in [2.24, 2.45) is 5.73 Å². The Morgan fingerprint density at radius 2 is 1.85 bits per heavy atom. The number of rotatable bonds is 4. The maximum atomic E-state index is 13.3. The fourth-order valence-corrected chi connectivity index (χ4v) is 2.99. The van der Waals surface area contributed by atoms with E-state index in [1.165, 1.54) is 22.8 Å². The van der Waals surface area contributed by atoms with E-state index in [2.05, 4.69) is 15.1 Å². The summed E-state index contributed by atoms with van der Waals surface area (Å²) in [5.74, 6) is -0.920. The topological polar surface area (TPSA) is 91.1 Å². The maximum absolute atomic E-state index is 13.3. The highest BCUT2D eigenvalue weighted by molar-refractivity contribution is 5.91. The lowest BCUT2D eigenvalue weighted by Gasteiger charge is -2.13. The van der Waals surface area contributed by atoms with E-state index in [0.717, 1.165) is 11.3 Å². The van der Waals surface area contributed by atoms with Crippen LogP contribution in [0.2, 0.25) is 0 Å². The van der Waals surface area contributed by atoms with Crippen molar-refractivity contribution >= 4 is 11.6 Å².